The Hall–Kier alpha value is -0.910. The maximum Gasteiger partial charge on any atom is 0.306 e. The van der Waals surface area contributed by atoms with Crippen molar-refractivity contribution < 1.29 is 14.6 Å². The summed E-state index contributed by atoms with van der Waals surface area (Å²) in [4.78, 5) is 11.4. The van der Waals surface area contributed by atoms with Gasteiger partial charge in [0.05, 0.1) is 6.42 Å². The molecule has 1 saturated heterocycles. The summed E-state index contributed by atoms with van der Waals surface area (Å²) in [6, 6.07) is 0. The number of carbonyl (C=O) groups excluding carboxylic acids is 1. The van der Waals surface area contributed by atoms with Crippen molar-refractivity contribution in [3.05, 3.63) is 12.2 Å². The number of hydrogen-bond acceptors (Lipinski definition) is 5. The van der Waals surface area contributed by atoms with Crippen LogP contribution in [-0.4, -0.2) is 36.0 Å². The molecular weight excluding hydrogens is 244 g/mol. The molecule has 5 nitrogen and oxygen atoms in total. The van der Waals surface area contributed by atoms with Crippen LogP contribution in [0.3, 0.4) is 0 Å². The molecule has 0 aromatic carbocycles. The van der Waals surface area contributed by atoms with Crippen molar-refractivity contribution in [3.8, 4) is 0 Å². The minimum absolute atomic E-state index is 0.139. The highest BCUT2D eigenvalue weighted by Gasteiger charge is 2.39. The van der Waals surface area contributed by atoms with Crippen molar-refractivity contribution in [2.45, 2.75) is 51.4 Å². The largest absolute Gasteiger partial charge is 0.462 e. The summed E-state index contributed by atoms with van der Waals surface area (Å²) < 4.78 is 5.28. The van der Waals surface area contributed by atoms with Crippen molar-refractivity contribution in [2.75, 3.05) is 13.1 Å². The summed E-state index contributed by atoms with van der Waals surface area (Å²) >= 11 is 0. The highest BCUT2D eigenvalue weighted by atomic mass is 16.6. The molecule has 1 aliphatic heterocycles. The lowest BCUT2D eigenvalue weighted by molar-refractivity contribution is -0.143. The third-order valence-electron chi connectivity index (χ3n) is 3.67. The van der Waals surface area contributed by atoms with Gasteiger partial charge in [-0.2, -0.15) is 0 Å². The van der Waals surface area contributed by atoms with E-state index < -0.39 is 5.72 Å². The van der Waals surface area contributed by atoms with Crippen molar-refractivity contribution in [2.24, 2.45) is 11.7 Å². The Kier molecular flexibility index (Phi) is 5.97. The van der Waals surface area contributed by atoms with E-state index in [2.05, 4.69) is 18.8 Å². The number of carbonyl (C=O) groups is 1. The normalized spacial score (nSPS) is 26.0. The second kappa shape index (κ2) is 7.03. The average Bonchev–Trinajstić information content (AvgIpc) is 2.64. The van der Waals surface area contributed by atoms with Gasteiger partial charge < -0.3 is 15.2 Å². The standard InChI is InChI=1S/C14H26N2O3/c1-4-16-7-5-6-11-8-13(17)19-12(11)9-14(15,18)10(2)3/h11-12,16,18H,2,4-9,15H2,1,3H3/t11-,12?,14?/m0/s1. The molecule has 4 N–H and O–H groups in total. The maximum atomic E-state index is 11.4. The molecule has 1 rings (SSSR count). The Bertz CT molecular complexity index is 329. The molecule has 0 bridgehead atoms. The summed E-state index contributed by atoms with van der Waals surface area (Å²) in [6.07, 6.45) is 2.22. The van der Waals surface area contributed by atoms with Gasteiger partial charge in [0, 0.05) is 12.3 Å². The van der Waals surface area contributed by atoms with E-state index >= 15 is 0 Å². The summed E-state index contributed by atoms with van der Waals surface area (Å²) in [5.41, 5.74) is 4.80. The van der Waals surface area contributed by atoms with E-state index in [9.17, 15) is 9.90 Å². The second-order valence-electron chi connectivity index (χ2n) is 5.40. The van der Waals surface area contributed by atoms with Crippen LogP contribution in [-0.2, 0) is 9.53 Å². The van der Waals surface area contributed by atoms with Crippen LogP contribution in [0.2, 0.25) is 0 Å². The number of aliphatic hydroxyl groups is 1. The number of nitrogens with two attached hydrogens (primary N) is 1. The molecule has 0 aromatic rings. The van der Waals surface area contributed by atoms with Crippen LogP contribution in [0, 0.1) is 5.92 Å². The fourth-order valence-corrected chi connectivity index (χ4v) is 2.30. The van der Waals surface area contributed by atoms with E-state index in [0.29, 0.717) is 12.0 Å². The SMILES string of the molecule is C=C(C)C(N)(O)CC1OC(=O)C[C@@H]1CCCNCC. The van der Waals surface area contributed by atoms with Crippen LogP contribution in [0.25, 0.3) is 0 Å². The van der Waals surface area contributed by atoms with E-state index in [4.69, 9.17) is 10.5 Å². The van der Waals surface area contributed by atoms with Crippen LogP contribution < -0.4 is 11.1 Å². The number of esters is 1. The maximum absolute atomic E-state index is 11.4. The smallest absolute Gasteiger partial charge is 0.306 e. The molecule has 110 valence electrons. The first-order valence-electron chi connectivity index (χ1n) is 6.94. The van der Waals surface area contributed by atoms with Crippen LogP contribution >= 0.6 is 0 Å². The number of nitrogens with one attached hydrogen (secondary N) is 1. The third kappa shape index (κ3) is 4.93. The van der Waals surface area contributed by atoms with Crippen LogP contribution in [0.4, 0.5) is 0 Å². The monoisotopic (exact) mass is 270 g/mol. The van der Waals surface area contributed by atoms with Gasteiger partial charge in [0.15, 0.2) is 0 Å². The first-order valence-corrected chi connectivity index (χ1v) is 6.94. The Morgan fingerprint density at radius 2 is 2.37 bits per heavy atom. The number of rotatable bonds is 8. The Morgan fingerprint density at radius 3 is 2.95 bits per heavy atom. The van der Waals surface area contributed by atoms with E-state index in [1.165, 1.54) is 0 Å². The van der Waals surface area contributed by atoms with E-state index in [1.54, 1.807) is 6.92 Å². The van der Waals surface area contributed by atoms with E-state index in [0.717, 1.165) is 25.9 Å². The zero-order valence-corrected chi connectivity index (χ0v) is 11.9. The van der Waals surface area contributed by atoms with Crippen LogP contribution in [0.1, 0.15) is 39.5 Å². The van der Waals surface area contributed by atoms with Gasteiger partial charge in [0.25, 0.3) is 0 Å². The molecule has 0 amide bonds. The molecule has 0 saturated carbocycles. The first kappa shape index (κ1) is 16.1. The molecule has 1 heterocycles. The van der Waals surface area contributed by atoms with Crippen molar-refractivity contribution in [1.82, 2.24) is 5.32 Å². The quantitative estimate of drug-likeness (QED) is 0.264. The van der Waals surface area contributed by atoms with Crippen molar-refractivity contribution in [3.63, 3.8) is 0 Å². The molecule has 5 heteroatoms. The van der Waals surface area contributed by atoms with Gasteiger partial charge in [-0.15, -0.1) is 0 Å². The highest BCUT2D eigenvalue weighted by molar-refractivity contribution is 5.72. The molecule has 0 aromatic heterocycles. The van der Waals surface area contributed by atoms with Gasteiger partial charge in [-0.1, -0.05) is 13.5 Å². The Labute approximate surface area is 115 Å². The molecular formula is C14H26N2O3. The summed E-state index contributed by atoms with van der Waals surface area (Å²) in [5, 5.41) is 13.3. The summed E-state index contributed by atoms with van der Waals surface area (Å²) in [6.45, 7) is 9.29. The summed E-state index contributed by atoms with van der Waals surface area (Å²) in [5.74, 6) is -0.0588. The van der Waals surface area contributed by atoms with Crippen LogP contribution in [0.5, 0.6) is 0 Å². The summed E-state index contributed by atoms with van der Waals surface area (Å²) in [7, 11) is 0. The Balaban J connectivity index is 2.50. The topological polar surface area (TPSA) is 84.6 Å². The van der Waals surface area contributed by atoms with E-state index in [1.807, 2.05) is 0 Å². The fraction of sp³-hybridized carbons (Fsp3) is 0.786. The molecule has 2 unspecified atom stereocenters. The fourth-order valence-electron chi connectivity index (χ4n) is 2.30. The first-order chi connectivity index (χ1) is 8.86. The molecule has 1 aliphatic rings. The van der Waals surface area contributed by atoms with Crippen molar-refractivity contribution in [1.29, 1.82) is 0 Å². The van der Waals surface area contributed by atoms with Gasteiger partial charge in [0.1, 0.15) is 11.8 Å². The molecule has 1 fully saturated rings. The lowest BCUT2D eigenvalue weighted by atomic mass is 9.88. The molecule has 0 spiro atoms. The van der Waals surface area contributed by atoms with E-state index in [-0.39, 0.29) is 24.4 Å². The lowest BCUT2D eigenvalue weighted by Gasteiger charge is -2.28. The molecule has 0 aliphatic carbocycles. The van der Waals surface area contributed by atoms with Crippen LogP contribution in [0.15, 0.2) is 12.2 Å². The minimum Gasteiger partial charge on any atom is -0.462 e. The molecule has 19 heavy (non-hydrogen) atoms. The van der Waals surface area contributed by atoms with Gasteiger partial charge in [-0.25, -0.2) is 0 Å². The van der Waals surface area contributed by atoms with Gasteiger partial charge >= 0.3 is 5.97 Å². The minimum atomic E-state index is -1.46. The predicted molar refractivity (Wildman–Crippen MR) is 74.3 cm³/mol. The average molecular weight is 270 g/mol. The van der Waals surface area contributed by atoms with Crippen molar-refractivity contribution >= 4 is 5.97 Å². The lowest BCUT2D eigenvalue weighted by Crippen LogP contribution is -2.44. The predicted octanol–water partition coefficient (Wildman–Crippen LogP) is 0.921. The zero-order valence-electron chi connectivity index (χ0n) is 11.9. The number of ether oxygens (including phenoxy) is 1. The zero-order chi connectivity index (χ0) is 14.5. The number of cyclic esters (lactones) is 1. The highest BCUT2D eigenvalue weighted by Crippen LogP contribution is 2.32. The Morgan fingerprint density at radius 1 is 1.68 bits per heavy atom. The van der Waals surface area contributed by atoms with Gasteiger partial charge in [-0.3, -0.25) is 10.5 Å². The third-order valence-corrected chi connectivity index (χ3v) is 3.67. The van der Waals surface area contributed by atoms with Gasteiger partial charge in [-0.05, 0) is 38.4 Å². The molecule has 0 radical (unpaired) electrons. The second-order valence-corrected chi connectivity index (χ2v) is 5.40. The molecule has 3 atom stereocenters. The van der Waals surface area contributed by atoms with Gasteiger partial charge in [0.2, 0.25) is 0 Å². The number of hydrogen-bond donors (Lipinski definition) is 3.